The molecule has 0 bridgehead atoms. The molecule has 0 saturated carbocycles. The van der Waals surface area contributed by atoms with Gasteiger partial charge in [0.1, 0.15) is 21.9 Å². The minimum atomic E-state index is -4.05. The highest BCUT2D eigenvalue weighted by atomic mass is 32.2. The standard InChI is InChI=1S/C22H18FN3O5S2/c1-12-3-8-20(32-12)33(29,30)26-22(28)25-14-5-6-15(18(23)9-14)17-11-31-19-10-13(24-2)4-7-16(19)21(17)27/h3-11,24H,1-2H3,(H2,25,26,28). The lowest BCUT2D eigenvalue weighted by molar-refractivity contribution is 0.256. The molecule has 2 heterocycles. The minimum Gasteiger partial charge on any atom is -0.463 e. The molecule has 2 amide bonds. The zero-order chi connectivity index (χ0) is 23.8. The topological polar surface area (TPSA) is 118 Å². The van der Waals surface area contributed by atoms with Crippen molar-refractivity contribution in [2.45, 2.75) is 11.1 Å². The van der Waals surface area contributed by atoms with E-state index in [2.05, 4.69) is 10.6 Å². The lowest BCUT2D eigenvalue weighted by atomic mass is 10.0. The van der Waals surface area contributed by atoms with Crippen LogP contribution in [-0.4, -0.2) is 21.5 Å². The lowest BCUT2D eigenvalue weighted by Crippen LogP contribution is -2.34. The summed E-state index contributed by atoms with van der Waals surface area (Å²) in [5.41, 5.74) is 0.714. The summed E-state index contributed by atoms with van der Waals surface area (Å²) in [4.78, 5) is 25.8. The number of halogens is 1. The molecular formula is C22H18FN3O5S2. The molecule has 0 radical (unpaired) electrons. The monoisotopic (exact) mass is 487 g/mol. The van der Waals surface area contributed by atoms with Gasteiger partial charge in [0.25, 0.3) is 10.0 Å². The van der Waals surface area contributed by atoms with Gasteiger partial charge in [0.15, 0.2) is 0 Å². The van der Waals surface area contributed by atoms with Gasteiger partial charge >= 0.3 is 6.03 Å². The molecule has 4 rings (SSSR count). The Morgan fingerprint density at radius 1 is 1.03 bits per heavy atom. The van der Waals surface area contributed by atoms with Crippen molar-refractivity contribution >= 4 is 49.7 Å². The fourth-order valence-corrected chi connectivity index (χ4v) is 5.36. The summed E-state index contributed by atoms with van der Waals surface area (Å²) in [5.74, 6) is -0.789. The Balaban J connectivity index is 1.57. The molecule has 8 nitrogen and oxygen atoms in total. The Hall–Kier alpha value is -3.70. The molecule has 0 unspecified atom stereocenters. The molecule has 0 spiro atoms. The molecule has 2 aromatic carbocycles. The number of rotatable bonds is 5. The van der Waals surface area contributed by atoms with Gasteiger partial charge < -0.3 is 15.1 Å². The fourth-order valence-electron chi connectivity index (χ4n) is 3.17. The third kappa shape index (κ3) is 4.59. The number of carbonyl (C=O) groups excluding carboxylic acids is 1. The van der Waals surface area contributed by atoms with Crippen LogP contribution in [-0.2, 0) is 10.0 Å². The van der Waals surface area contributed by atoms with Gasteiger partial charge in [0.2, 0.25) is 5.43 Å². The maximum absolute atomic E-state index is 14.8. The van der Waals surface area contributed by atoms with Gasteiger partial charge in [-0.3, -0.25) is 4.79 Å². The second-order valence-corrected chi connectivity index (χ2v) is 10.3. The SMILES string of the molecule is CNc1ccc2c(=O)c(-c3ccc(NC(=O)NS(=O)(=O)c4ccc(C)s4)cc3F)coc2c1. The van der Waals surface area contributed by atoms with E-state index in [9.17, 15) is 22.4 Å². The average molecular weight is 488 g/mol. The van der Waals surface area contributed by atoms with Gasteiger partial charge in [-0.1, -0.05) is 0 Å². The highest BCUT2D eigenvalue weighted by Gasteiger charge is 2.20. The van der Waals surface area contributed by atoms with E-state index in [-0.39, 0.29) is 21.0 Å². The Labute approximate surface area is 192 Å². The second kappa shape index (κ2) is 8.68. The summed E-state index contributed by atoms with van der Waals surface area (Å²) >= 11 is 1.02. The van der Waals surface area contributed by atoms with Crippen LogP contribution < -0.4 is 20.8 Å². The first-order chi connectivity index (χ1) is 15.7. The van der Waals surface area contributed by atoms with Gasteiger partial charge in [-0.25, -0.2) is 22.3 Å². The number of benzene rings is 2. The van der Waals surface area contributed by atoms with E-state index in [0.29, 0.717) is 11.0 Å². The molecule has 0 saturated heterocycles. The third-order valence-corrected chi connectivity index (χ3v) is 7.61. The van der Waals surface area contributed by atoms with Crippen molar-refractivity contribution in [1.29, 1.82) is 0 Å². The minimum absolute atomic E-state index is 0.00940. The summed E-state index contributed by atoms with van der Waals surface area (Å²) in [6, 6.07) is 10.6. The molecular weight excluding hydrogens is 469 g/mol. The van der Waals surface area contributed by atoms with Crippen molar-refractivity contribution in [2.75, 3.05) is 17.7 Å². The van der Waals surface area contributed by atoms with E-state index < -0.39 is 27.3 Å². The van der Waals surface area contributed by atoms with Crippen LogP contribution in [0, 0.1) is 12.7 Å². The predicted octanol–water partition coefficient (Wildman–Crippen LogP) is 4.52. The van der Waals surface area contributed by atoms with Gasteiger partial charge in [0, 0.05) is 34.9 Å². The van der Waals surface area contributed by atoms with Gasteiger partial charge in [-0.2, -0.15) is 0 Å². The number of anilines is 2. The van der Waals surface area contributed by atoms with E-state index in [1.807, 2.05) is 4.72 Å². The average Bonchev–Trinajstić information content (AvgIpc) is 3.21. The van der Waals surface area contributed by atoms with Gasteiger partial charge in [-0.15, -0.1) is 11.3 Å². The van der Waals surface area contributed by atoms with E-state index in [1.54, 1.807) is 38.2 Å². The maximum Gasteiger partial charge on any atom is 0.333 e. The number of hydrogen-bond donors (Lipinski definition) is 3. The van der Waals surface area contributed by atoms with Crippen molar-refractivity contribution in [3.63, 3.8) is 0 Å². The predicted molar refractivity (Wildman–Crippen MR) is 126 cm³/mol. The molecule has 0 aliphatic carbocycles. The molecule has 3 N–H and O–H groups in total. The summed E-state index contributed by atoms with van der Waals surface area (Å²) in [5, 5.41) is 5.51. The first-order valence-electron chi connectivity index (χ1n) is 9.61. The zero-order valence-electron chi connectivity index (χ0n) is 17.4. The van der Waals surface area contributed by atoms with Crippen LogP contribution in [0.2, 0.25) is 0 Å². The number of urea groups is 1. The number of nitrogens with one attached hydrogen (secondary N) is 3. The van der Waals surface area contributed by atoms with E-state index in [4.69, 9.17) is 4.42 Å². The van der Waals surface area contributed by atoms with Crippen molar-refractivity contribution in [1.82, 2.24) is 4.72 Å². The Kier molecular flexibility index (Phi) is 5.91. The first-order valence-corrected chi connectivity index (χ1v) is 11.9. The molecule has 0 atom stereocenters. The summed E-state index contributed by atoms with van der Waals surface area (Å²) in [7, 11) is -2.31. The molecule has 11 heteroatoms. The quantitative estimate of drug-likeness (QED) is 0.381. The van der Waals surface area contributed by atoms with Crippen LogP contribution in [0.4, 0.5) is 20.6 Å². The second-order valence-electron chi connectivity index (χ2n) is 7.06. The Morgan fingerprint density at radius 3 is 2.45 bits per heavy atom. The van der Waals surface area contributed by atoms with Crippen LogP contribution >= 0.6 is 11.3 Å². The van der Waals surface area contributed by atoms with Crippen LogP contribution in [0.3, 0.4) is 0 Å². The smallest absolute Gasteiger partial charge is 0.333 e. The molecule has 0 aliphatic rings. The zero-order valence-corrected chi connectivity index (χ0v) is 19.1. The van der Waals surface area contributed by atoms with Crippen molar-refractivity contribution in [3.8, 4) is 11.1 Å². The Morgan fingerprint density at radius 2 is 1.79 bits per heavy atom. The highest BCUT2D eigenvalue weighted by Crippen LogP contribution is 2.26. The van der Waals surface area contributed by atoms with Crippen LogP contribution in [0.5, 0.6) is 0 Å². The number of aryl methyl sites for hydroxylation is 1. The van der Waals surface area contributed by atoms with Crippen LogP contribution in [0.1, 0.15) is 4.88 Å². The largest absolute Gasteiger partial charge is 0.463 e. The van der Waals surface area contributed by atoms with E-state index >= 15 is 0 Å². The molecule has 170 valence electrons. The summed E-state index contributed by atoms with van der Waals surface area (Å²) in [6.07, 6.45) is 1.18. The molecule has 33 heavy (non-hydrogen) atoms. The van der Waals surface area contributed by atoms with Crippen molar-refractivity contribution in [3.05, 3.63) is 75.7 Å². The van der Waals surface area contributed by atoms with Crippen LogP contribution in [0.15, 0.2) is 68.2 Å². The van der Waals surface area contributed by atoms with Gasteiger partial charge in [-0.05, 0) is 49.4 Å². The van der Waals surface area contributed by atoms with Crippen LogP contribution in [0.25, 0.3) is 22.1 Å². The summed E-state index contributed by atoms with van der Waals surface area (Å²) in [6.45, 7) is 1.74. The molecule has 0 fully saturated rings. The third-order valence-electron chi connectivity index (χ3n) is 4.79. The number of thiophene rings is 1. The van der Waals surface area contributed by atoms with Crippen molar-refractivity contribution < 1.29 is 22.0 Å². The number of hydrogen-bond acceptors (Lipinski definition) is 7. The van der Waals surface area contributed by atoms with E-state index in [0.717, 1.165) is 28.0 Å². The first kappa shape index (κ1) is 22.5. The Bertz CT molecular complexity index is 1540. The molecule has 4 aromatic rings. The number of fused-ring (bicyclic) bond motifs is 1. The number of amides is 2. The fraction of sp³-hybridized carbons (Fsp3) is 0.0909. The number of sulfonamides is 1. The van der Waals surface area contributed by atoms with Gasteiger partial charge in [0.05, 0.1) is 10.9 Å². The normalized spacial score (nSPS) is 11.4. The lowest BCUT2D eigenvalue weighted by Gasteiger charge is -2.10. The van der Waals surface area contributed by atoms with E-state index in [1.165, 1.54) is 24.5 Å². The molecule has 0 aliphatic heterocycles. The summed E-state index contributed by atoms with van der Waals surface area (Å²) < 4.78 is 46.7. The number of carbonyl (C=O) groups is 1. The highest BCUT2D eigenvalue weighted by molar-refractivity contribution is 7.92. The maximum atomic E-state index is 14.8. The molecule has 2 aromatic heterocycles. The van der Waals surface area contributed by atoms with Crippen molar-refractivity contribution in [2.24, 2.45) is 0 Å².